The van der Waals surface area contributed by atoms with Gasteiger partial charge in [-0.15, -0.1) is 0 Å². The second-order valence-corrected chi connectivity index (χ2v) is 10.0. The molecule has 4 bridgehead atoms. The lowest BCUT2D eigenvalue weighted by Crippen LogP contribution is -2.58. The molecule has 5 fully saturated rings. The van der Waals surface area contributed by atoms with Crippen molar-refractivity contribution in [3.63, 3.8) is 0 Å². The first-order valence-corrected chi connectivity index (χ1v) is 11.4. The predicted molar refractivity (Wildman–Crippen MR) is 114 cm³/mol. The normalized spacial score (nSPS) is 32.2. The molecule has 0 atom stereocenters. The molecule has 1 aliphatic heterocycles. The van der Waals surface area contributed by atoms with Gasteiger partial charge in [-0.25, -0.2) is 0 Å². The molecule has 30 heavy (non-hydrogen) atoms. The molecule has 6 heteroatoms. The average Bonchev–Trinajstić information content (AvgIpc) is 2.72. The zero-order chi connectivity index (χ0) is 20.9. The first kappa shape index (κ1) is 19.6. The first-order valence-electron chi connectivity index (χ1n) is 11.4. The smallest absolute Gasteiger partial charge is 0.253 e. The Hall–Kier alpha value is -2.37. The number of anilines is 1. The third kappa shape index (κ3) is 3.50. The average molecular weight is 410 g/mol. The van der Waals surface area contributed by atoms with E-state index >= 15 is 0 Å². The number of amides is 3. The highest BCUT2D eigenvalue weighted by molar-refractivity contribution is 5.95. The second-order valence-electron chi connectivity index (χ2n) is 10.0. The zero-order valence-electron chi connectivity index (χ0n) is 17.7. The number of nitrogens with zero attached hydrogens (tertiary/aromatic N) is 2. The third-order valence-corrected chi connectivity index (χ3v) is 7.80. The predicted octanol–water partition coefficient (Wildman–Crippen LogP) is 3.15. The molecule has 4 aliphatic carbocycles. The molecule has 1 heterocycles. The van der Waals surface area contributed by atoms with Crippen molar-refractivity contribution in [2.45, 2.75) is 45.4 Å². The van der Waals surface area contributed by atoms with Crippen molar-refractivity contribution in [2.75, 3.05) is 31.5 Å². The topological polar surface area (TPSA) is 69.7 Å². The minimum Gasteiger partial charge on any atom is -0.339 e. The van der Waals surface area contributed by atoms with E-state index < -0.39 is 0 Å². The Labute approximate surface area is 178 Å². The molecule has 1 N–H and O–H groups in total. The van der Waals surface area contributed by atoms with Gasteiger partial charge in [-0.2, -0.15) is 0 Å². The van der Waals surface area contributed by atoms with Crippen LogP contribution in [0.3, 0.4) is 0 Å². The fourth-order valence-electron chi connectivity index (χ4n) is 6.90. The molecule has 1 aromatic carbocycles. The lowest BCUT2D eigenvalue weighted by Gasteiger charge is -2.57. The summed E-state index contributed by atoms with van der Waals surface area (Å²) in [5.74, 6) is 2.53. The van der Waals surface area contributed by atoms with Gasteiger partial charge >= 0.3 is 0 Å². The van der Waals surface area contributed by atoms with E-state index in [-0.39, 0.29) is 17.2 Å². The zero-order valence-corrected chi connectivity index (χ0v) is 17.7. The number of benzene rings is 1. The van der Waals surface area contributed by atoms with Crippen LogP contribution in [0.4, 0.5) is 5.69 Å². The number of nitrogens with one attached hydrogen (secondary N) is 1. The van der Waals surface area contributed by atoms with Crippen LogP contribution in [0.1, 0.15) is 55.8 Å². The molecule has 0 unspecified atom stereocenters. The van der Waals surface area contributed by atoms with Gasteiger partial charge in [0.05, 0.1) is 5.41 Å². The SMILES string of the molecule is CC(=O)Nc1ccc(C(=O)N2CCN(C(=O)C34CC5CC(CC(C5)C3)C4)CC2)cc1. The Balaban J connectivity index is 1.20. The summed E-state index contributed by atoms with van der Waals surface area (Å²) in [7, 11) is 0. The van der Waals surface area contributed by atoms with Gasteiger partial charge in [-0.3, -0.25) is 14.4 Å². The fraction of sp³-hybridized carbons (Fsp3) is 0.625. The van der Waals surface area contributed by atoms with Gasteiger partial charge in [0, 0.05) is 44.4 Å². The molecule has 6 rings (SSSR count). The Morgan fingerprint density at radius 3 is 1.83 bits per heavy atom. The van der Waals surface area contributed by atoms with Crippen molar-refractivity contribution in [3.05, 3.63) is 29.8 Å². The molecule has 4 saturated carbocycles. The summed E-state index contributed by atoms with van der Waals surface area (Å²) in [6.45, 7) is 3.91. The Bertz CT molecular complexity index is 820. The van der Waals surface area contributed by atoms with Gasteiger partial charge < -0.3 is 15.1 Å². The van der Waals surface area contributed by atoms with E-state index in [0.29, 0.717) is 43.3 Å². The largest absolute Gasteiger partial charge is 0.339 e. The standard InChI is InChI=1S/C24H31N3O3/c1-16(28)25-21-4-2-20(3-5-21)22(29)26-6-8-27(9-7-26)23(30)24-13-17-10-18(14-24)12-19(11-17)15-24/h2-5,17-19H,6-15H2,1H3,(H,25,28). The van der Waals surface area contributed by atoms with Crippen LogP contribution >= 0.6 is 0 Å². The van der Waals surface area contributed by atoms with Gasteiger partial charge in [0.25, 0.3) is 5.91 Å². The minimum absolute atomic E-state index is 0.00808. The Morgan fingerprint density at radius 1 is 0.833 bits per heavy atom. The van der Waals surface area contributed by atoms with Crippen LogP contribution < -0.4 is 5.32 Å². The van der Waals surface area contributed by atoms with Gasteiger partial charge in [0.15, 0.2) is 0 Å². The van der Waals surface area contributed by atoms with Crippen molar-refractivity contribution in [1.82, 2.24) is 9.80 Å². The number of piperazine rings is 1. The number of hydrogen-bond acceptors (Lipinski definition) is 3. The highest BCUT2D eigenvalue weighted by Gasteiger charge is 2.55. The summed E-state index contributed by atoms with van der Waals surface area (Å²) >= 11 is 0. The number of hydrogen-bond donors (Lipinski definition) is 1. The molecule has 0 radical (unpaired) electrons. The molecule has 1 aromatic rings. The minimum atomic E-state index is -0.131. The van der Waals surface area contributed by atoms with Crippen molar-refractivity contribution in [1.29, 1.82) is 0 Å². The maximum absolute atomic E-state index is 13.5. The van der Waals surface area contributed by atoms with Crippen LogP contribution in [0.5, 0.6) is 0 Å². The fourth-order valence-corrected chi connectivity index (χ4v) is 6.90. The highest BCUT2D eigenvalue weighted by Crippen LogP contribution is 2.60. The van der Waals surface area contributed by atoms with Crippen molar-refractivity contribution in [2.24, 2.45) is 23.2 Å². The quantitative estimate of drug-likeness (QED) is 0.834. The molecule has 1 saturated heterocycles. The summed E-state index contributed by atoms with van der Waals surface area (Å²) < 4.78 is 0. The third-order valence-electron chi connectivity index (χ3n) is 7.80. The van der Waals surface area contributed by atoms with Crippen molar-refractivity contribution in [3.8, 4) is 0 Å². The lowest BCUT2D eigenvalue weighted by atomic mass is 9.49. The Morgan fingerprint density at radius 2 is 1.33 bits per heavy atom. The first-order chi connectivity index (χ1) is 14.4. The van der Waals surface area contributed by atoms with E-state index in [2.05, 4.69) is 5.32 Å². The van der Waals surface area contributed by atoms with Crippen molar-refractivity contribution >= 4 is 23.4 Å². The number of carbonyl (C=O) groups excluding carboxylic acids is 3. The summed E-state index contributed by atoms with van der Waals surface area (Å²) in [5.41, 5.74) is 1.20. The molecular weight excluding hydrogens is 378 g/mol. The molecular formula is C24H31N3O3. The molecule has 160 valence electrons. The van der Waals surface area contributed by atoms with Gasteiger partial charge in [-0.1, -0.05) is 0 Å². The van der Waals surface area contributed by atoms with E-state index in [1.165, 1.54) is 26.2 Å². The second kappa shape index (κ2) is 7.40. The van der Waals surface area contributed by atoms with Gasteiger partial charge in [0.2, 0.25) is 11.8 Å². The summed E-state index contributed by atoms with van der Waals surface area (Å²) in [6, 6.07) is 7.00. The van der Waals surface area contributed by atoms with Crippen LogP contribution in [-0.2, 0) is 9.59 Å². The van der Waals surface area contributed by atoms with Crippen LogP contribution in [-0.4, -0.2) is 53.7 Å². The Kier molecular flexibility index (Phi) is 4.83. The molecule has 3 amide bonds. The maximum Gasteiger partial charge on any atom is 0.253 e. The lowest BCUT2D eigenvalue weighted by molar-refractivity contribution is -0.159. The monoisotopic (exact) mass is 409 g/mol. The molecule has 0 aromatic heterocycles. The van der Waals surface area contributed by atoms with E-state index in [0.717, 1.165) is 37.0 Å². The van der Waals surface area contributed by atoms with Crippen LogP contribution in [0.2, 0.25) is 0 Å². The number of carbonyl (C=O) groups is 3. The van der Waals surface area contributed by atoms with Gasteiger partial charge in [-0.05, 0) is 80.5 Å². The molecule has 0 spiro atoms. The summed E-state index contributed by atoms with van der Waals surface area (Å²) in [4.78, 5) is 41.4. The van der Waals surface area contributed by atoms with E-state index in [1.54, 1.807) is 24.3 Å². The van der Waals surface area contributed by atoms with E-state index in [4.69, 9.17) is 0 Å². The van der Waals surface area contributed by atoms with Crippen LogP contribution in [0, 0.1) is 23.2 Å². The molecule has 6 nitrogen and oxygen atoms in total. The van der Waals surface area contributed by atoms with Crippen LogP contribution in [0.25, 0.3) is 0 Å². The highest BCUT2D eigenvalue weighted by atomic mass is 16.2. The van der Waals surface area contributed by atoms with Crippen molar-refractivity contribution < 1.29 is 14.4 Å². The molecule has 5 aliphatic rings. The summed E-state index contributed by atoms with van der Waals surface area (Å²) in [6.07, 6.45) is 7.31. The van der Waals surface area contributed by atoms with E-state index in [9.17, 15) is 14.4 Å². The maximum atomic E-state index is 13.5. The number of rotatable bonds is 3. The summed E-state index contributed by atoms with van der Waals surface area (Å²) in [5, 5.41) is 2.71. The van der Waals surface area contributed by atoms with Gasteiger partial charge in [0.1, 0.15) is 0 Å². The van der Waals surface area contributed by atoms with Crippen LogP contribution in [0.15, 0.2) is 24.3 Å². The van der Waals surface area contributed by atoms with E-state index in [1.807, 2.05) is 9.80 Å².